The van der Waals surface area contributed by atoms with Crippen molar-refractivity contribution in [2.24, 2.45) is 11.8 Å². The predicted octanol–water partition coefficient (Wildman–Crippen LogP) is 3.62. The number of carbonyl (C=O) groups excluding carboxylic acids is 3. The van der Waals surface area contributed by atoms with Crippen LogP contribution in [0.4, 0.5) is 0 Å². The molecular formula is C23H31NO4. The maximum atomic E-state index is 12.3. The third-order valence-electron chi connectivity index (χ3n) is 6.39. The van der Waals surface area contributed by atoms with Crippen molar-refractivity contribution in [3.8, 4) is 0 Å². The van der Waals surface area contributed by atoms with Gasteiger partial charge in [0, 0.05) is 18.0 Å². The molecule has 0 saturated heterocycles. The van der Waals surface area contributed by atoms with Crippen LogP contribution in [0.3, 0.4) is 0 Å². The first-order valence-corrected chi connectivity index (χ1v) is 10.5. The molecule has 0 aliphatic heterocycles. The largest absolute Gasteiger partial charge is 0.456 e. The van der Waals surface area contributed by atoms with Crippen molar-refractivity contribution >= 4 is 17.7 Å². The van der Waals surface area contributed by atoms with Crippen molar-refractivity contribution < 1.29 is 19.1 Å². The number of benzene rings is 1. The average molecular weight is 386 g/mol. The van der Waals surface area contributed by atoms with Crippen LogP contribution in [0.1, 0.15) is 73.9 Å². The van der Waals surface area contributed by atoms with E-state index in [9.17, 15) is 14.4 Å². The van der Waals surface area contributed by atoms with E-state index >= 15 is 0 Å². The molecule has 152 valence electrons. The van der Waals surface area contributed by atoms with E-state index in [0.717, 1.165) is 32.1 Å². The fraction of sp³-hybridized carbons (Fsp3) is 0.609. The highest BCUT2D eigenvalue weighted by Crippen LogP contribution is 2.29. The Balaban J connectivity index is 1.38. The number of nitrogens with one attached hydrogen (secondary N) is 1. The summed E-state index contributed by atoms with van der Waals surface area (Å²) in [6, 6.07) is 5.97. The first-order chi connectivity index (χ1) is 13.4. The van der Waals surface area contributed by atoms with Gasteiger partial charge in [0.25, 0.3) is 5.91 Å². The minimum Gasteiger partial charge on any atom is -0.456 e. The van der Waals surface area contributed by atoms with Gasteiger partial charge in [-0.3, -0.25) is 14.4 Å². The lowest BCUT2D eigenvalue weighted by Crippen LogP contribution is -2.45. The Bertz CT molecular complexity index is 742. The van der Waals surface area contributed by atoms with E-state index < -0.39 is 5.97 Å². The highest BCUT2D eigenvalue weighted by atomic mass is 16.5. The van der Waals surface area contributed by atoms with Crippen LogP contribution in [0.2, 0.25) is 0 Å². The molecule has 1 fully saturated rings. The number of carbonyl (C=O) groups is 3. The summed E-state index contributed by atoms with van der Waals surface area (Å²) in [7, 11) is 0. The van der Waals surface area contributed by atoms with Crippen molar-refractivity contribution in [3.05, 3.63) is 34.9 Å². The zero-order valence-corrected chi connectivity index (χ0v) is 17.0. The number of amides is 1. The molecule has 1 amide bonds. The van der Waals surface area contributed by atoms with Crippen LogP contribution in [0, 0.1) is 11.8 Å². The highest BCUT2D eigenvalue weighted by Gasteiger charge is 2.28. The summed E-state index contributed by atoms with van der Waals surface area (Å²) < 4.78 is 5.06. The van der Waals surface area contributed by atoms with Gasteiger partial charge in [-0.05, 0) is 54.7 Å². The Labute approximate surface area is 167 Å². The summed E-state index contributed by atoms with van der Waals surface area (Å²) in [5.74, 6) is 0.199. The Morgan fingerprint density at radius 1 is 1.04 bits per heavy atom. The first kappa shape index (κ1) is 20.6. The summed E-state index contributed by atoms with van der Waals surface area (Å²) in [5.41, 5.74) is 3.23. The molecule has 3 atom stereocenters. The molecular weight excluding hydrogens is 354 g/mol. The normalized spacial score (nSPS) is 23.7. The molecule has 1 saturated carbocycles. The van der Waals surface area contributed by atoms with Crippen molar-refractivity contribution in [1.29, 1.82) is 0 Å². The molecule has 0 bridgehead atoms. The van der Waals surface area contributed by atoms with Crippen LogP contribution in [-0.2, 0) is 27.2 Å². The molecule has 5 nitrogen and oxygen atoms in total. The van der Waals surface area contributed by atoms with Gasteiger partial charge >= 0.3 is 5.97 Å². The van der Waals surface area contributed by atoms with E-state index in [0.29, 0.717) is 17.4 Å². The van der Waals surface area contributed by atoms with E-state index in [2.05, 4.69) is 19.2 Å². The zero-order valence-electron chi connectivity index (χ0n) is 17.0. The first-order valence-electron chi connectivity index (χ1n) is 10.5. The highest BCUT2D eigenvalue weighted by molar-refractivity contribution is 5.98. The number of Topliss-reactive ketones (excluding diaryl/α,β-unsaturated/α-hetero) is 1. The molecule has 0 spiro atoms. The summed E-state index contributed by atoms with van der Waals surface area (Å²) in [4.78, 5) is 36.3. The molecule has 0 unspecified atom stereocenters. The molecule has 28 heavy (non-hydrogen) atoms. The molecule has 1 N–H and O–H groups in total. The Morgan fingerprint density at radius 3 is 2.64 bits per heavy atom. The van der Waals surface area contributed by atoms with Gasteiger partial charge in [-0.1, -0.05) is 38.8 Å². The monoisotopic (exact) mass is 385 g/mol. The van der Waals surface area contributed by atoms with E-state index in [-0.39, 0.29) is 37.2 Å². The van der Waals surface area contributed by atoms with Gasteiger partial charge in [-0.2, -0.15) is 0 Å². The smallest absolute Gasteiger partial charge is 0.306 e. The van der Waals surface area contributed by atoms with Crippen LogP contribution in [0.5, 0.6) is 0 Å². The van der Waals surface area contributed by atoms with Crippen molar-refractivity contribution in [2.75, 3.05) is 6.61 Å². The van der Waals surface area contributed by atoms with Gasteiger partial charge in [-0.25, -0.2) is 0 Å². The van der Waals surface area contributed by atoms with E-state index in [4.69, 9.17) is 4.74 Å². The third-order valence-corrected chi connectivity index (χ3v) is 6.39. The number of hydrogen-bond acceptors (Lipinski definition) is 4. The van der Waals surface area contributed by atoms with Crippen LogP contribution in [0.15, 0.2) is 18.2 Å². The number of aryl methyl sites for hydroxylation is 2. The van der Waals surface area contributed by atoms with Gasteiger partial charge in [-0.15, -0.1) is 0 Å². The topological polar surface area (TPSA) is 72.5 Å². The molecule has 5 heteroatoms. The average Bonchev–Trinajstić information content (AvgIpc) is 3.16. The number of ether oxygens (including phenoxy) is 1. The third kappa shape index (κ3) is 5.21. The maximum absolute atomic E-state index is 12.3. The standard InChI is InChI=1S/C23H31NO4/c1-15-5-3-8-20(16(15)2)24-22(26)14-28-23(27)12-11-21(25)19-10-9-17-6-4-7-18(17)13-19/h9-10,13,15-16,20H,3-8,11-12,14H2,1-2H3,(H,24,26)/t15-,16-,20+/m1/s1. The Hall–Kier alpha value is -2.17. The van der Waals surface area contributed by atoms with Crippen LogP contribution < -0.4 is 5.32 Å². The van der Waals surface area contributed by atoms with Crippen molar-refractivity contribution in [3.63, 3.8) is 0 Å². The summed E-state index contributed by atoms with van der Waals surface area (Å²) in [6.45, 7) is 4.09. The minimum atomic E-state index is -0.505. The van der Waals surface area contributed by atoms with E-state index in [1.807, 2.05) is 18.2 Å². The summed E-state index contributed by atoms with van der Waals surface area (Å²) in [6.07, 6.45) is 6.63. The molecule has 1 aromatic carbocycles. The van der Waals surface area contributed by atoms with Gasteiger partial charge in [0.15, 0.2) is 12.4 Å². The molecule has 2 aliphatic carbocycles. The van der Waals surface area contributed by atoms with Gasteiger partial charge in [0.2, 0.25) is 0 Å². The quantitative estimate of drug-likeness (QED) is 0.575. The molecule has 1 aromatic rings. The fourth-order valence-corrected chi connectivity index (χ4v) is 4.36. The molecule has 0 heterocycles. The number of fused-ring (bicyclic) bond motifs is 1. The maximum Gasteiger partial charge on any atom is 0.306 e. The van der Waals surface area contributed by atoms with Crippen molar-refractivity contribution in [1.82, 2.24) is 5.32 Å². The molecule has 0 aromatic heterocycles. The van der Waals surface area contributed by atoms with Crippen LogP contribution in [-0.4, -0.2) is 30.3 Å². The predicted molar refractivity (Wildman–Crippen MR) is 107 cm³/mol. The lowest BCUT2D eigenvalue weighted by atomic mass is 9.78. The lowest BCUT2D eigenvalue weighted by molar-refractivity contribution is -0.148. The fourth-order valence-electron chi connectivity index (χ4n) is 4.36. The summed E-state index contributed by atoms with van der Waals surface area (Å²) >= 11 is 0. The van der Waals surface area contributed by atoms with Crippen LogP contribution in [0.25, 0.3) is 0 Å². The molecule has 3 rings (SSSR count). The zero-order chi connectivity index (χ0) is 20.1. The number of hydrogen-bond donors (Lipinski definition) is 1. The number of ketones is 1. The lowest BCUT2D eigenvalue weighted by Gasteiger charge is -2.34. The second-order valence-electron chi connectivity index (χ2n) is 8.36. The second-order valence-corrected chi connectivity index (χ2v) is 8.36. The number of esters is 1. The van der Waals surface area contributed by atoms with Gasteiger partial charge in [0.1, 0.15) is 0 Å². The second kappa shape index (κ2) is 9.35. The van der Waals surface area contributed by atoms with Crippen molar-refractivity contribution in [2.45, 2.75) is 71.3 Å². The van der Waals surface area contributed by atoms with Crippen LogP contribution >= 0.6 is 0 Å². The van der Waals surface area contributed by atoms with Gasteiger partial charge < -0.3 is 10.1 Å². The SMILES string of the molecule is C[C@@H]1[C@H](C)CCC[C@@H]1NC(=O)COC(=O)CCC(=O)c1ccc2c(c1)CCC2. The molecule has 2 aliphatic rings. The Kier molecular flexibility index (Phi) is 6.87. The van der Waals surface area contributed by atoms with E-state index in [1.54, 1.807) is 0 Å². The van der Waals surface area contributed by atoms with E-state index in [1.165, 1.54) is 17.5 Å². The summed E-state index contributed by atoms with van der Waals surface area (Å²) in [5, 5.41) is 2.99. The Morgan fingerprint density at radius 2 is 1.82 bits per heavy atom. The number of rotatable bonds is 7. The minimum absolute atomic E-state index is 0.0000630. The molecule has 0 radical (unpaired) electrons. The van der Waals surface area contributed by atoms with Gasteiger partial charge in [0.05, 0.1) is 6.42 Å².